The number of epoxide rings is 1. The van der Waals surface area contributed by atoms with Gasteiger partial charge in [0.2, 0.25) is 0 Å². The summed E-state index contributed by atoms with van der Waals surface area (Å²) >= 11 is 0. The SMILES string of the molecule is C=C(C)C(=O)OCC1CO1.CC(C)=O. The molecule has 4 heteroatoms. The number of ketones is 1. The number of carbonyl (C=O) groups excluding carboxylic acids is 2. The highest BCUT2D eigenvalue weighted by molar-refractivity contribution is 5.86. The van der Waals surface area contributed by atoms with Crippen LogP contribution in [-0.2, 0) is 19.1 Å². The molecule has 0 spiro atoms. The molecule has 0 aromatic carbocycles. The van der Waals surface area contributed by atoms with Crippen molar-refractivity contribution in [2.45, 2.75) is 26.9 Å². The predicted octanol–water partition coefficient (Wildman–Crippen LogP) is 1.10. The van der Waals surface area contributed by atoms with Crippen molar-refractivity contribution in [1.29, 1.82) is 0 Å². The Morgan fingerprint density at radius 2 is 1.86 bits per heavy atom. The van der Waals surface area contributed by atoms with E-state index in [9.17, 15) is 9.59 Å². The van der Waals surface area contributed by atoms with Crippen molar-refractivity contribution in [3.63, 3.8) is 0 Å². The molecule has 1 rings (SSSR count). The highest BCUT2D eigenvalue weighted by Gasteiger charge is 2.24. The van der Waals surface area contributed by atoms with Gasteiger partial charge in [0, 0.05) is 5.57 Å². The molecule has 1 atom stereocenters. The Morgan fingerprint density at radius 3 is 2.14 bits per heavy atom. The van der Waals surface area contributed by atoms with E-state index >= 15 is 0 Å². The van der Waals surface area contributed by atoms with E-state index in [1.165, 1.54) is 13.8 Å². The van der Waals surface area contributed by atoms with Gasteiger partial charge in [0.15, 0.2) is 0 Å². The van der Waals surface area contributed by atoms with Crippen LogP contribution in [0.15, 0.2) is 12.2 Å². The zero-order valence-electron chi connectivity index (χ0n) is 8.83. The molecule has 1 fully saturated rings. The van der Waals surface area contributed by atoms with Gasteiger partial charge in [-0.2, -0.15) is 0 Å². The largest absolute Gasteiger partial charge is 0.459 e. The lowest BCUT2D eigenvalue weighted by molar-refractivity contribution is -0.139. The summed E-state index contributed by atoms with van der Waals surface area (Å²) < 4.78 is 9.60. The van der Waals surface area contributed by atoms with Crippen molar-refractivity contribution in [2.75, 3.05) is 13.2 Å². The minimum absolute atomic E-state index is 0.142. The van der Waals surface area contributed by atoms with E-state index in [-0.39, 0.29) is 17.9 Å². The van der Waals surface area contributed by atoms with E-state index in [1.807, 2.05) is 0 Å². The van der Waals surface area contributed by atoms with Crippen molar-refractivity contribution in [2.24, 2.45) is 0 Å². The van der Waals surface area contributed by atoms with Gasteiger partial charge in [-0.1, -0.05) is 6.58 Å². The fraction of sp³-hybridized carbons (Fsp3) is 0.600. The molecule has 0 aromatic rings. The molecule has 1 heterocycles. The van der Waals surface area contributed by atoms with Crippen molar-refractivity contribution < 1.29 is 19.1 Å². The highest BCUT2D eigenvalue weighted by atomic mass is 16.6. The molecule has 4 nitrogen and oxygen atoms in total. The Morgan fingerprint density at radius 1 is 1.43 bits per heavy atom. The third-order valence-electron chi connectivity index (χ3n) is 1.15. The van der Waals surface area contributed by atoms with Gasteiger partial charge in [-0.05, 0) is 20.8 Å². The van der Waals surface area contributed by atoms with Crippen LogP contribution < -0.4 is 0 Å². The first-order chi connectivity index (χ1) is 6.43. The normalized spacial score (nSPS) is 17.5. The molecule has 14 heavy (non-hydrogen) atoms. The topological polar surface area (TPSA) is 55.9 Å². The van der Waals surface area contributed by atoms with Gasteiger partial charge in [0.05, 0.1) is 6.61 Å². The van der Waals surface area contributed by atoms with Gasteiger partial charge in [-0.25, -0.2) is 4.79 Å². The first kappa shape index (κ1) is 12.8. The number of Topliss-reactive ketones (excluding diaryl/α,β-unsaturated/α-hetero) is 1. The molecule has 0 aromatic heterocycles. The fourth-order valence-corrected chi connectivity index (χ4v) is 0.456. The van der Waals surface area contributed by atoms with Gasteiger partial charge in [-0.3, -0.25) is 0 Å². The van der Waals surface area contributed by atoms with Crippen molar-refractivity contribution in [1.82, 2.24) is 0 Å². The predicted molar refractivity (Wildman–Crippen MR) is 51.9 cm³/mol. The van der Waals surface area contributed by atoms with Crippen LogP contribution in [-0.4, -0.2) is 31.1 Å². The lowest BCUT2D eigenvalue weighted by Gasteiger charge is -1.99. The van der Waals surface area contributed by atoms with Crippen LogP contribution in [0.5, 0.6) is 0 Å². The summed E-state index contributed by atoms with van der Waals surface area (Å²) in [7, 11) is 0. The zero-order chi connectivity index (χ0) is 11.1. The second kappa shape index (κ2) is 6.32. The zero-order valence-corrected chi connectivity index (χ0v) is 8.83. The second-order valence-corrected chi connectivity index (χ2v) is 3.24. The standard InChI is InChI=1S/C7H10O3.C3H6O/c1-5(2)7(8)10-4-6-3-9-6;1-3(2)4/h6H,1,3-4H2,2H3;1-2H3. The number of esters is 1. The van der Waals surface area contributed by atoms with Gasteiger partial charge in [0.25, 0.3) is 0 Å². The Bertz CT molecular complexity index is 224. The molecule has 1 unspecified atom stereocenters. The Labute approximate surface area is 83.9 Å². The molecule has 0 N–H and O–H groups in total. The van der Waals surface area contributed by atoms with E-state index in [0.29, 0.717) is 18.8 Å². The molecule has 0 amide bonds. The first-order valence-corrected chi connectivity index (χ1v) is 4.35. The van der Waals surface area contributed by atoms with Crippen LogP contribution in [0, 0.1) is 0 Å². The molecule has 1 aliphatic rings. The Kier molecular flexibility index (Phi) is 5.79. The van der Waals surface area contributed by atoms with Crippen LogP contribution in [0.3, 0.4) is 0 Å². The summed E-state index contributed by atoms with van der Waals surface area (Å²) in [5, 5.41) is 0. The summed E-state index contributed by atoms with van der Waals surface area (Å²) in [5.74, 6) is -0.171. The molecular formula is C10H16O4. The summed E-state index contributed by atoms with van der Waals surface area (Å²) in [4.78, 5) is 20.1. The maximum atomic E-state index is 10.7. The second-order valence-electron chi connectivity index (χ2n) is 3.24. The molecule has 0 radical (unpaired) electrons. The Hall–Kier alpha value is -1.16. The minimum Gasteiger partial charge on any atom is -0.459 e. The summed E-state index contributed by atoms with van der Waals surface area (Å²) in [5.41, 5.74) is 0.431. The number of hydrogen-bond donors (Lipinski definition) is 0. The molecule has 80 valence electrons. The molecule has 1 aliphatic heterocycles. The molecule has 0 bridgehead atoms. The maximum Gasteiger partial charge on any atom is 0.333 e. The molecular weight excluding hydrogens is 184 g/mol. The first-order valence-electron chi connectivity index (χ1n) is 4.35. The number of hydrogen-bond acceptors (Lipinski definition) is 4. The number of rotatable bonds is 3. The van der Waals surface area contributed by atoms with Crippen LogP contribution in [0.2, 0.25) is 0 Å². The summed E-state index contributed by atoms with van der Waals surface area (Å²) in [6.45, 7) is 9.19. The van der Waals surface area contributed by atoms with E-state index in [0.717, 1.165) is 0 Å². The van der Waals surface area contributed by atoms with Crippen molar-refractivity contribution >= 4 is 11.8 Å². The number of carbonyl (C=O) groups is 2. The lowest BCUT2D eigenvalue weighted by Crippen LogP contribution is -2.09. The Balaban J connectivity index is 0.000000364. The van der Waals surface area contributed by atoms with Gasteiger partial charge < -0.3 is 14.3 Å². The maximum absolute atomic E-state index is 10.7. The van der Waals surface area contributed by atoms with Gasteiger partial charge in [0.1, 0.15) is 18.5 Å². The monoisotopic (exact) mass is 200 g/mol. The third-order valence-corrected chi connectivity index (χ3v) is 1.15. The van der Waals surface area contributed by atoms with Crippen LogP contribution in [0.4, 0.5) is 0 Å². The van der Waals surface area contributed by atoms with Gasteiger partial charge in [-0.15, -0.1) is 0 Å². The van der Waals surface area contributed by atoms with Crippen LogP contribution in [0.1, 0.15) is 20.8 Å². The van der Waals surface area contributed by atoms with Crippen molar-refractivity contribution in [3.8, 4) is 0 Å². The average molecular weight is 200 g/mol. The number of ether oxygens (including phenoxy) is 2. The minimum atomic E-state index is -0.337. The summed E-state index contributed by atoms with van der Waals surface area (Å²) in [6, 6.07) is 0. The molecule has 0 saturated carbocycles. The van der Waals surface area contributed by atoms with E-state index in [1.54, 1.807) is 6.92 Å². The van der Waals surface area contributed by atoms with E-state index in [2.05, 4.69) is 6.58 Å². The van der Waals surface area contributed by atoms with Gasteiger partial charge >= 0.3 is 5.97 Å². The highest BCUT2D eigenvalue weighted by Crippen LogP contribution is 2.09. The molecule has 0 aliphatic carbocycles. The van der Waals surface area contributed by atoms with Crippen molar-refractivity contribution in [3.05, 3.63) is 12.2 Å². The van der Waals surface area contributed by atoms with Crippen LogP contribution in [0.25, 0.3) is 0 Å². The van der Waals surface area contributed by atoms with E-state index in [4.69, 9.17) is 9.47 Å². The summed E-state index contributed by atoms with van der Waals surface area (Å²) in [6.07, 6.45) is 0.142. The quantitative estimate of drug-likeness (QED) is 0.389. The lowest BCUT2D eigenvalue weighted by atomic mass is 10.4. The van der Waals surface area contributed by atoms with E-state index < -0.39 is 0 Å². The smallest absolute Gasteiger partial charge is 0.333 e. The average Bonchev–Trinajstić information content (AvgIpc) is 2.81. The third kappa shape index (κ3) is 8.93. The fourth-order valence-electron chi connectivity index (χ4n) is 0.456. The molecule has 1 saturated heterocycles. The van der Waals surface area contributed by atoms with Crippen LogP contribution >= 0.6 is 0 Å².